The molecule has 6 heteroatoms. The van der Waals surface area contributed by atoms with Gasteiger partial charge in [-0.2, -0.15) is 0 Å². The minimum atomic E-state index is -0.818. The number of amides is 1. The van der Waals surface area contributed by atoms with Gasteiger partial charge in [0, 0.05) is 24.6 Å². The number of benzene rings is 1. The first-order valence-electron chi connectivity index (χ1n) is 8.44. The molecule has 0 aliphatic carbocycles. The summed E-state index contributed by atoms with van der Waals surface area (Å²) in [6, 6.07) is 5.42. The van der Waals surface area contributed by atoms with E-state index < -0.39 is 5.97 Å². The number of hydrogen-bond donors (Lipinski definition) is 1. The second kappa shape index (κ2) is 8.92. The van der Waals surface area contributed by atoms with E-state index in [1.807, 2.05) is 24.0 Å². The van der Waals surface area contributed by atoms with Gasteiger partial charge in [-0.05, 0) is 38.7 Å². The Balaban J connectivity index is 2.09. The van der Waals surface area contributed by atoms with E-state index >= 15 is 0 Å². The van der Waals surface area contributed by atoms with Crippen LogP contribution in [0.4, 0.5) is 0 Å². The second-order valence-corrected chi connectivity index (χ2v) is 6.41. The molecule has 1 saturated heterocycles. The van der Waals surface area contributed by atoms with Crippen molar-refractivity contribution in [1.82, 2.24) is 4.90 Å². The van der Waals surface area contributed by atoms with Crippen LogP contribution in [-0.2, 0) is 16.0 Å². The van der Waals surface area contributed by atoms with Crippen molar-refractivity contribution >= 4 is 23.5 Å². The minimum absolute atomic E-state index is 0.00769. The van der Waals surface area contributed by atoms with Gasteiger partial charge in [-0.3, -0.25) is 9.59 Å². The summed E-state index contributed by atoms with van der Waals surface area (Å²) in [5.74, 6) is -0.246. The SMILES string of the molecule is CCOc1c(Cl)cccc1CC(=O)N1CCCCC1CCC(=O)O. The summed E-state index contributed by atoms with van der Waals surface area (Å²) >= 11 is 6.18. The van der Waals surface area contributed by atoms with Crippen molar-refractivity contribution in [2.75, 3.05) is 13.2 Å². The molecule has 0 saturated carbocycles. The Morgan fingerprint density at radius 2 is 2.17 bits per heavy atom. The summed E-state index contributed by atoms with van der Waals surface area (Å²) in [6.45, 7) is 3.05. The van der Waals surface area contributed by atoms with E-state index in [9.17, 15) is 9.59 Å². The van der Waals surface area contributed by atoms with E-state index in [0.29, 0.717) is 30.3 Å². The first-order chi connectivity index (χ1) is 11.5. The van der Waals surface area contributed by atoms with Gasteiger partial charge in [0.2, 0.25) is 5.91 Å². The fourth-order valence-corrected chi connectivity index (χ4v) is 3.43. The number of para-hydroxylation sites is 1. The summed E-state index contributed by atoms with van der Waals surface area (Å²) in [5, 5.41) is 9.40. The molecule has 0 aromatic heterocycles. The normalized spacial score (nSPS) is 17.6. The molecule has 24 heavy (non-hydrogen) atoms. The molecule has 1 atom stereocenters. The summed E-state index contributed by atoms with van der Waals surface area (Å²) < 4.78 is 5.58. The molecule has 132 valence electrons. The Morgan fingerprint density at radius 3 is 2.88 bits per heavy atom. The number of ether oxygens (including phenoxy) is 1. The Hall–Kier alpha value is -1.75. The lowest BCUT2D eigenvalue weighted by atomic mass is 9.97. The van der Waals surface area contributed by atoms with E-state index in [1.54, 1.807) is 6.07 Å². The summed E-state index contributed by atoms with van der Waals surface area (Å²) in [7, 11) is 0. The second-order valence-electron chi connectivity index (χ2n) is 6.01. The molecular formula is C18H24ClNO4. The van der Waals surface area contributed by atoms with Gasteiger partial charge in [-0.15, -0.1) is 0 Å². The highest BCUT2D eigenvalue weighted by Gasteiger charge is 2.27. The highest BCUT2D eigenvalue weighted by atomic mass is 35.5. The van der Waals surface area contributed by atoms with Crippen LogP contribution in [-0.4, -0.2) is 41.1 Å². The third-order valence-electron chi connectivity index (χ3n) is 4.32. The molecular weight excluding hydrogens is 330 g/mol. The lowest BCUT2D eigenvalue weighted by Crippen LogP contribution is -2.44. The van der Waals surface area contributed by atoms with E-state index in [1.165, 1.54) is 0 Å². The van der Waals surface area contributed by atoms with Gasteiger partial charge in [-0.1, -0.05) is 23.7 Å². The molecule has 1 aliphatic rings. The van der Waals surface area contributed by atoms with Crippen LogP contribution >= 0.6 is 11.6 Å². The van der Waals surface area contributed by atoms with Crippen molar-refractivity contribution in [3.8, 4) is 5.75 Å². The smallest absolute Gasteiger partial charge is 0.303 e. The van der Waals surface area contributed by atoms with Crippen LogP contribution in [0.25, 0.3) is 0 Å². The van der Waals surface area contributed by atoms with Gasteiger partial charge in [0.1, 0.15) is 5.75 Å². The molecule has 2 rings (SSSR count). The number of aliphatic carboxylic acids is 1. The Morgan fingerprint density at radius 1 is 1.38 bits per heavy atom. The van der Waals surface area contributed by atoms with Crippen LogP contribution in [0.1, 0.15) is 44.6 Å². The first-order valence-corrected chi connectivity index (χ1v) is 8.82. The number of piperidine rings is 1. The largest absolute Gasteiger partial charge is 0.492 e. The fourth-order valence-electron chi connectivity index (χ4n) is 3.18. The van der Waals surface area contributed by atoms with Crippen molar-refractivity contribution in [3.05, 3.63) is 28.8 Å². The van der Waals surface area contributed by atoms with Crippen LogP contribution in [0.5, 0.6) is 5.75 Å². The molecule has 1 aromatic rings. The number of likely N-dealkylation sites (tertiary alicyclic amines) is 1. The van der Waals surface area contributed by atoms with Crippen molar-refractivity contribution in [1.29, 1.82) is 0 Å². The van der Waals surface area contributed by atoms with Crippen LogP contribution in [0, 0.1) is 0 Å². The number of carboxylic acids is 1. The molecule has 1 aromatic carbocycles. The van der Waals surface area contributed by atoms with E-state index in [2.05, 4.69) is 0 Å². The zero-order valence-corrected chi connectivity index (χ0v) is 14.7. The molecule has 0 spiro atoms. The van der Waals surface area contributed by atoms with Crippen molar-refractivity contribution in [2.45, 2.75) is 51.5 Å². The fraction of sp³-hybridized carbons (Fsp3) is 0.556. The quantitative estimate of drug-likeness (QED) is 0.814. The highest BCUT2D eigenvalue weighted by molar-refractivity contribution is 6.32. The summed E-state index contributed by atoms with van der Waals surface area (Å²) in [4.78, 5) is 25.4. The molecule has 1 N–H and O–H groups in total. The van der Waals surface area contributed by atoms with Gasteiger partial charge in [-0.25, -0.2) is 0 Å². The van der Waals surface area contributed by atoms with Crippen LogP contribution in [0.15, 0.2) is 18.2 Å². The molecule has 0 radical (unpaired) electrons. The predicted molar refractivity (Wildman–Crippen MR) is 92.5 cm³/mol. The third kappa shape index (κ3) is 4.87. The lowest BCUT2D eigenvalue weighted by molar-refractivity contribution is -0.139. The predicted octanol–water partition coefficient (Wildman–Crippen LogP) is 3.53. The molecule has 1 fully saturated rings. The third-order valence-corrected chi connectivity index (χ3v) is 4.62. The maximum atomic E-state index is 12.8. The average molecular weight is 354 g/mol. The Kier molecular flexibility index (Phi) is 6.91. The minimum Gasteiger partial charge on any atom is -0.492 e. The van der Waals surface area contributed by atoms with Crippen LogP contribution < -0.4 is 4.74 Å². The molecule has 1 aliphatic heterocycles. The monoisotopic (exact) mass is 353 g/mol. The van der Waals surface area contributed by atoms with Gasteiger partial charge in [0.25, 0.3) is 0 Å². The first kappa shape index (κ1) is 18.6. The van der Waals surface area contributed by atoms with E-state index in [0.717, 1.165) is 24.8 Å². The zero-order valence-electron chi connectivity index (χ0n) is 14.0. The number of hydrogen-bond acceptors (Lipinski definition) is 3. The molecule has 0 bridgehead atoms. The number of halogens is 1. The molecule has 1 unspecified atom stereocenters. The zero-order chi connectivity index (χ0) is 17.5. The lowest BCUT2D eigenvalue weighted by Gasteiger charge is -2.36. The van der Waals surface area contributed by atoms with Crippen molar-refractivity contribution in [2.24, 2.45) is 0 Å². The Bertz CT molecular complexity index is 590. The van der Waals surface area contributed by atoms with Crippen LogP contribution in [0.3, 0.4) is 0 Å². The number of carboxylic acid groups (broad SMARTS) is 1. The molecule has 5 nitrogen and oxygen atoms in total. The Labute approximate surface area is 147 Å². The van der Waals surface area contributed by atoms with Crippen LogP contribution in [0.2, 0.25) is 5.02 Å². The molecule has 1 heterocycles. The van der Waals surface area contributed by atoms with Gasteiger partial charge in [0.05, 0.1) is 18.1 Å². The highest BCUT2D eigenvalue weighted by Crippen LogP contribution is 2.30. The standard InChI is InChI=1S/C18H24ClNO4/c1-2-24-18-13(6-5-8-15(18)19)12-16(21)20-11-4-3-7-14(20)9-10-17(22)23/h5-6,8,14H,2-4,7,9-12H2,1H3,(H,22,23). The maximum absolute atomic E-state index is 12.8. The summed E-state index contributed by atoms with van der Waals surface area (Å²) in [5.41, 5.74) is 0.775. The van der Waals surface area contributed by atoms with Crippen molar-refractivity contribution in [3.63, 3.8) is 0 Å². The maximum Gasteiger partial charge on any atom is 0.303 e. The topological polar surface area (TPSA) is 66.8 Å². The number of carbonyl (C=O) groups excluding carboxylic acids is 1. The van der Waals surface area contributed by atoms with Gasteiger partial charge in [0.15, 0.2) is 0 Å². The average Bonchev–Trinajstić information content (AvgIpc) is 2.56. The van der Waals surface area contributed by atoms with Crippen molar-refractivity contribution < 1.29 is 19.4 Å². The van der Waals surface area contributed by atoms with Gasteiger partial charge < -0.3 is 14.7 Å². The molecule has 1 amide bonds. The number of carbonyl (C=O) groups is 2. The summed E-state index contributed by atoms with van der Waals surface area (Å²) in [6.07, 6.45) is 3.69. The van der Waals surface area contributed by atoms with E-state index in [4.69, 9.17) is 21.4 Å². The van der Waals surface area contributed by atoms with Gasteiger partial charge >= 0.3 is 5.97 Å². The number of rotatable bonds is 7. The number of nitrogens with zero attached hydrogens (tertiary/aromatic N) is 1. The van der Waals surface area contributed by atoms with E-state index in [-0.39, 0.29) is 24.8 Å².